The fourth-order valence-electron chi connectivity index (χ4n) is 4.31. The van der Waals surface area contributed by atoms with E-state index in [2.05, 4.69) is 67.6 Å². The highest BCUT2D eigenvalue weighted by Gasteiger charge is 2.11. The molecule has 0 saturated heterocycles. The third-order valence-electron chi connectivity index (χ3n) is 5.92. The minimum absolute atomic E-state index is 0.121. The van der Waals surface area contributed by atoms with Gasteiger partial charge < -0.3 is 0 Å². The van der Waals surface area contributed by atoms with Gasteiger partial charge in [-0.2, -0.15) is 4.39 Å². The quantitative estimate of drug-likeness (QED) is 0.248. The SMILES string of the molecule is Cc1ccc(CCc2cc3ccc4cc5c(ccc6cc(F)sc65)cc4c3s2)cc1. The highest BCUT2D eigenvalue weighted by atomic mass is 32.1. The lowest BCUT2D eigenvalue weighted by molar-refractivity contribution is 0.658. The lowest BCUT2D eigenvalue weighted by atomic mass is 10.0. The summed E-state index contributed by atoms with van der Waals surface area (Å²) in [5.74, 6) is 0. The van der Waals surface area contributed by atoms with Gasteiger partial charge in [-0.25, -0.2) is 0 Å². The van der Waals surface area contributed by atoms with Crippen molar-refractivity contribution < 1.29 is 4.39 Å². The van der Waals surface area contributed by atoms with Crippen molar-refractivity contribution in [2.45, 2.75) is 19.8 Å². The second-order valence-corrected chi connectivity index (χ2v) is 10.2. The van der Waals surface area contributed by atoms with Gasteiger partial charge in [-0.15, -0.1) is 22.7 Å². The van der Waals surface area contributed by atoms with Gasteiger partial charge in [0.2, 0.25) is 0 Å². The molecule has 4 aromatic carbocycles. The molecular formula is C27H19FS2. The van der Waals surface area contributed by atoms with Gasteiger partial charge in [0, 0.05) is 25.0 Å². The van der Waals surface area contributed by atoms with E-state index in [1.54, 1.807) is 6.07 Å². The Morgan fingerprint density at radius 1 is 0.633 bits per heavy atom. The molecule has 0 atom stereocenters. The monoisotopic (exact) mass is 426 g/mol. The molecule has 0 unspecified atom stereocenters. The Morgan fingerprint density at radius 2 is 1.23 bits per heavy atom. The molecule has 0 spiro atoms. The van der Waals surface area contributed by atoms with E-state index in [1.807, 2.05) is 17.4 Å². The summed E-state index contributed by atoms with van der Waals surface area (Å²) < 4.78 is 16.2. The van der Waals surface area contributed by atoms with Gasteiger partial charge in [0.05, 0.1) is 0 Å². The smallest absolute Gasteiger partial charge is 0.177 e. The molecule has 0 aliphatic rings. The van der Waals surface area contributed by atoms with E-state index >= 15 is 0 Å². The van der Waals surface area contributed by atoms with E-state index in [0.29, 0.717) is 0 Å². The molecule has 30 heavy (non-hydrogen) atoms. The Kier molecular flexibility index (Phi) is 4.15. The molecule has 6 rings (SSSR count). The number of hydrogen-bond acceptors (Lipinski definition) is 2. The predicted molar refractivity (Wildman–Crippen MR) is 131 cm³/mol. The van der Waals surface area contributed by atoms with Gasteiger partial charge in [0.15, 0.2) is 5.13 Å². The summed E-state index contributed by atoms with van der Waals surface area (Å²) in [5, 5.41) is 7.02. The topological polar surface area (TPSA) is 0 Å². The number of halogens is 1. The van der Waals surface area contributed by atoms with E-state index < -0.39 is 0 Å². The number of hydrogen-bond donors (Lipinski definition) is 0. The van der Waals surface area contributed by atoms with E-state index in [1.165, 1.54) is 53.6 Å². The minimum atomic E-state index is -0.121. The molecule has 0 amide bonds. The molecule has 0 nitrogen and oxygen atoms in total. The minimum Gasteiger partial charge on any atom is -0.195 e. The van der Waals surface area contributed by atoms with Gasteiger partial charge in [-0.1, -0.05) is 54.1 Å². The summed E-state index contributed by atoms with van der Waals surface area (Å²) in [6.45, 7) is 2.13. The first-order chi connectivity index (χ1) is 14.6. The normalized spacial score (nSPS) is 11.9. The summed E-state index contributed by atoms with van der Waals surface area (Å²) in [6, 6.07) is 25.9. The molecule has 146 valence electrons. The molecule has 2 heterocycles. The maximum Gasteiger partial charge on any atom is 0.177 e. The number of benzene rings is 4. The molecule has 0 saturated carbocycles. The molecule has 2 aromatic heterocycles. The van der Waals surface area contributed by atoms with Crippen molar-refractivity contribution in [3.63, 3.8) is 0 Å². The van der Waals surface area contributed by atoms with Crippen molar-refractivity contribution in [2.75, 3.05) is 0 Å². The van der Waals surface area contributed by atoms with Crippen LogP contribution in [0.5, 0.6) is 0 Å². The summed E-state index contributed by atoms with van der Waals surface area (Å²) >= 11 is 3.15. The molecule has 0 fully saturated rings. The first kappa shape index (κ1) is 18.1. The molecule has 0 aliphatic heterocycles. The average Bonchev–Trinajstić information content (AvgIpc) is 3.34. The maximum absolute atomic E-state index is 13.8. The molecule has 6 aromatic rings. The van der Waals surface area contributed by atoms with Crippen LogP contribution in [-0.4, -0.2) is 0 Å². The standard InChI is InChI=1S/C27H19FS2/c1-16-2-4-17(5-3-16)6-11-22-12-20-9-7-18-14-24-19(13-23(18)26(20)29-22)8-10-21-15-25(28)30-27(21)24/h2-5,7-10,12-15H,6,11H2,1H3. The lowest BCUT2D eigenvalue weighted by Gasteiger charge is -2.05. The van der Waals surface area contributed by atoms with Crippen molar-refractivity contribution in [1.82, 2.24) is 0 Å². The van der Waals surface area contributed by atoms with Crippen LogP contribution in [0.25, 0.3) is 41.7 Å². The Labute approximate surface area is 182 Å². The van der Waals surface area contributed by atoms with Gasteiger partial charge in [-0.3, -0.25) is 0 Å². The average molecular weight is 427 g/mol. The molecule has 3 heteroatoms. The molecule has 0 aliphatic carbocycles. The zero-order chi connectivity index (χ0) is 20.2. The third kappa shape index (κ3) is 3.01. The first-order valence-electron chi connectivity index (χ1n) is 10.2. The summed E-state index contributed by atoms with van der Waals surface area (Å²) in [7, 11) is 0. The Balaban J connectivity index is 1.44. The van der Waals surface area contributed by atoms with Crippen molar-refractivity contribution >= 4 is 64.4 Å². The summed E-state index contributed by atoms with van der Waals surface area (Å²) in [6.07, 6.45) is 2.13. The highest BCUT2D eigenvalue weighted by Crippen LogP contribution is 2.38. The van der Waals surface area contributed by atoms with Gasteiger partial charge in [-0.05, 0) is 71.1 Å². The van der Waals surface area contributed by atoms with Crippen LogP contribution in [0.15, 0.2) is 72.8 Å². The first-order valence-corrected chi connectivity index (χ1v) is 11.8. The fraction of sp³-hybridized carbons (Fsp3) is 0.111. The van der Waals surface area contributed by atoms with Gasteiger partial charge >= 0.3 is 0 Å². The van der Waals surface area contributed by atoms with Crippen molar-refractivity contribution in [1.29, 1.82) is 0 Å². The van der Waals surface area contributed by atoms with Crippen LogP contribution in [0.4, 0.5) is 4.39 Å². The van der Waals surface area contributed by atoms with Crippen molar-refractivity contribution in [3.8, 4) is 0 Å². The summed E-state index contributed by atoms with van der Waals surface area (Å²) in [5.41, 5.74) is 2.70. The van der Waals surface area contributed by atoms with Crippen LogP contribution in [0, 0.1) is 12.1 Å². The van der Waals surface area contributed by atoms with Crippen molar-refractivity contribution in [3.05, 3.63) is 93.9 Å². The van der Waals surface area contributed by atoms with Crippen LogP contribution in [0.2, 0.25) is 0 Å². The van der Waals surface area contributed by atoms with Crippen molar-refractivity contribution in [2.24, 2.45) is 0 Å². The molecule has 0 radical (unpaired) electrons. The fourth-order valence-corrected chi connectivity index (χ4v) is 6.40. The zero-order valence-corrected chi connectivity index (χ0v) is 18.2. The second-order valence-electron chi connectivity index (χ2n) is 8.01. The number of thiophene rings is 2. The Bertz CT molecular complexity index is 1550. The number of fused-ring (bicyclic) bond motifs is 6. The van der Waals surface area contributed by atoms with Crippen LogP contribution < -0.4 is 0 Å². The van der Waals surface area contributed by atoms with Gasteiger partial charge in [0.1, 0.15) is 0 Å². The van der Waals surface area contributed by atoms with Crippen LogP contribution >= 0.6 is 22.7 Å². The van der Waals surface area contributed by atoms with Gasteiger partial charge in [0.25, 0.3) is 0 Å². The molecule has 0 bridgehead atoms. The Hall–Kier alpha value is -2.75. The second kappa shape index (κ2) is 6.90. The predicted octanol–water partition coefficient (Wildman–Crippen LogP) is 8.66. The number of rotatable bonds is 3. The van der Waals surface area contributed by atoms with E-state index in [0.717, 1.165) is 28.3 Å². The van der Waals surface area contributed by atoms with E-state index in [4.69, 9.17) is 0 Å². The van der Waals surface area contributed by atoms with Crippen LogP contribution in [0.1, 0.15) is 16.0 Å². The van der Waals surface area contributed by atoms with E-state index in [-0.39, 0.29) is 5.13 Å². The Morgan fingerprint density at radius 3 is 1.93 bits per heavy atom. The highest BCUT2D eigenvalue weighted by molar-refractivity contribution is 7.20. The molecule has 0 N–H and O–H groups in total. The molecular weight excluding hydrogens is 407 g/mol. The van der Waals surface area contributed by atoms with E-state index in [9.17, 15) is 4.39 Å². The maximum atomic E-state index is 13.8. The summed E-state index contributed by atoms with van der Waals surface area (Å²) in [4.78, 5) is 1.42. The van der Waals surface area contributed by atoms with Crippen LogP contribution in [0.3, 0.4) is 0 Å². The zero-order valence-electron chi connectivity index (χ0n) is 16.5. The third-order valence-corrected chi connectivity index (χ3v) is 8.14. The largest absolute Gasteiger partial charge is 0.195 e. The van der Waals surface area contributed by atoms with Crippen LogP contribution in [-0.2, 0) is 12.8 Å². The number of aryl methyl sites for hydroxylation is 3. The lowest BCUT2D eigenvalue weighted by Crippen LogP contribution is -1.88.